The van der Waals surface area contributed by atoms with Crippen LogP contribution in [0.1, 0.15) is 76.1 Å². The number of unbranched alkanes of at least 4 members (excludes halogenated alkanes) is 1. The molecule has 1 saturated carbocycles. The van der Waals surface area contributed by atoms with Crippen LogP contribution >= 0.6 is 11.8 Å². The van der Waals surface area contributed by atoms with Gasteiger partial charge in [-0.1, -0.05) is 46.5 Å². The van der Waals surface area contributed by atoms with Gasteiger partial charge in [-0.25, -0.2) is 0 Å². The van der Waals surface area contributed by atoms with Crippen LogP contribution in [-0.4, -0.2) is 29.1 Å². The monoisotopic (exact) mass is 376 g/mol. The number of hydrogen-bond acceptors (Lipinski definition) is 3. The lowest BCUT2D eigenvalue weighted by Crippen LogP contribution is -2.59. The maximum atomic E-state index is 12.8. The third-order valence-electron chi connectivity index (χ3n) is 4.80. The molecule has 2 amide bonds. The van der Waals surface area contributed by atoms with Crippen LogP contribution < -0.4 is 10.6 Å². The minimum atomic E-state index is -0.756. The Morgan fingerprint density at radius 1 is 1.12 bits per heavy atom. The van der Waals surface area contributed by atoms with E-state index in [4.69, 9.17) is 0 Å². The molecule has 4 nitrogen and oxygen atoms in total. The van der Waals surface area contributed by atoms with Crippen molar-refractivity contribution in [2.45, 2.75) is 81.4 Å². The summed E-state index contributed by atoms with van der Waals surface area (Å²) >= 11 is 1.77. The van der Waals surface area contributed by atoms with Gasteiger partial charge in [-0.15, -0.1) is 11.8 Å². The molecule has 1 aromatic carbocycles. The summed E-state index contributed by atoms with van der Waals surface area (Å²) in [7, 11) is 0. The molecule has 1 aromatic rings. The number of benzene rings is 1. The van der Waals surface area contributed by atoms with Gasteiger partial charge in [-0.3, -0.25) is 9.59 Å². The van der Waals surface area contributed by atoms with Gasteiger partial charge in [0, 0.05) is 22.3 Å². The molecule has 5 heteroatoms. The van der Waals surface area contributed by atoms with Crippen molar-refractivity contribution < 1.29 is 9.59 Å². The maximum Gasteiger partial charge on any atom is 0.252 e. The summed E-state index contributed by atoms with van der Waals surface area (Å²) in [5.41, 5.74) is -0.140. The fourth-order valence-corrected chi connectivity index (χ4v) is 4.20. The van der Waals surface area contributed by atoms with Crippen LogP contribution in [0.2, 0.25) is 0 Å². The van der Waals surface area contributed by atoms with E-state index in [2.05, 4.69) is 31.4 Å². The second kappa shape index (κ2) is 10.0. The molecular weight excluding hydrogens is 344 g/mol. The topological polar surface area (TPSA) is 58.2 Å². The summed E-state index contributed by atoms with van der Waals surface area (Å²) in [6, 6.07) is 7.67. The van der Waals surface area contributed by atoms with Gasteiger partial charge in [0.25, 0.3) is 5.91 Å². The van der Waals surface area contributed by atoms with E-state index in [0.717, 1.165) is 49.8 Å². The highest BCUT2D eigenvalue weighted by Crippen LogP contribution is 2.29. The van der Waals surface area contributed by atoms with Crippen molar-refractivity contribution >= 4 is 23.6 Å². The van der Waals surface area contributed by atoms with Gasteiger partial charge in [0.05, 0.1) is 0 Å². The standard InChI is InChI=1S/C21H32N2O2S/c1-4-5-15-22-20(25)21(13-7-6-8-14-21)23-19(24)17-9-11-18(12-10-17)26-16(2)3/h9-12,16H,4-8,13-15H2,1-3H3,(H,22,25)(H,23,24). The van der Waals surface area contributed by atoms with E-state index in [1.54, 1.807) is 11.8 Å². The molecule has 0 spiro atoms. The predicted octanol–water partition coefficient (Wildman–Crippen LogP) is 4.54. The van der Waals surface area contributed by atoms with E-state index in [1.165, 1.54) is 0 Å². The quantitative estimate of drug-likeness (QED) is 0.517. The summed E-state index contributed by atoms with van der Waals surface area (Å²) in [5.74, 6) is -0.176. The zero-order valence-electron chi connectivity index (χ0n) is 16.3. The van der Waals surface area contributed by atoms with Crippen LogP contribution in [-0.2, 0) is 4.79 Å². The molecule has 1 aliphatic carbocycles. The Bertz CT molecular complexity index is 593. The smallest absolute Gasteiger partial charge is 0.252 e. The van der Waals surface area contributed by atoms with Crippen molar-refractivity contribution in [3.63, 3.8) is 0 Å². The second-order valence-electron chi connectivity index (χ2n) is 7.40. The molecule has 26 heavy (non-hydrogen) atoms. The van der Waals surface area contributed by atoms with Gasteiger partial charge in [0.1, 0.15) is 5.54 Å². The lowest BCUT2D eigenvalue weighted by atomic mass is 9.80. The summed E-state index contributed by atoms with van der Waals surface area (Å²) in [6.07, 6.45) is 6.53. The number of carbonyl (C=O) groups is 2. The Hall–Kier alpha value is -1.49. The minimum Gasteiger partial charge on any atom is -0.354 e. The third-order valence-corrected chi connectivity index (χ3v) is 5.81. The first-order valence-corrected chi connectivity index (χ1v) is 10.7. The Labute approximate surface area is 161 Å². The first-order valence-electron chi connectivity index (χ1n) is 9.84. The molecule has 1 fully saturated rings. The summed E-state index contributed by atoms with van der Waals surface area (Å²) in [5, 5.41) is 6.61. The normalized spacial score (nSPS) is 16.3. The van der Waals surface area contributed by atoms with E-state index in [-0.39, 0.29) is 11.8 Å². The van der Waals surface area contributed by atoms with Crippen LogP contribution in [0.15, 0.2) is 29.2 Å². The van der Waals surface area contributed by atoms with E-state index in [0.29, 0.717) is 17.4 Å². The summed E-state index contributed by atoms with van der Waals surface area (Å²) in [4.78, 5) is 26.7. The molecule has 0 unspecified atom stereocenters. The minimum absolute atomic E-state index is 0.0222. The number of hydrogen-bond donors (Lipinski definition) is 2. The van der Waals surface area contributed by atoms with Gasteiger partial charge in [0.15, 0.2) is 0 Å². The molecule has 1 aliphatic rings. The van der Waals surface area contributed by atoms with Crippen molar-refractivity contribution in [2.24, 2.45) is 0 Å². The van der Waals surface area contributed by atoms with Gasteiger partial charge in [0.2, 0.25) is 5.91 Å². The number of amides is 2. The first-order chi connectivity index (χ1) is 12.5. The zero-order valence-corrected chi connectivity index (χ0v) is 17.1. The SMILES string of the molecule is CCCCNC(=O)C1(NC(=O)c2ccc(SC(C)C)cc2)CCCCC1. The molecule has 2 N–H and O–H groups in total. The first kappa shape index (κ1) is 20.8. The van der Waals surface area contributed by atoms with Gasteiger partial charge in [-0.2, -0.15) is 0 Å². The highest BCUT2D eigenvalue weighted by Gasteiger charge is 2.40. The molecule has 2 rings (SSSR count). The third kappa shape index (κ3) is 5.76. The predicted molar refractivity (Wildman–Crippen MR) is 109 cm³/mol. The average molecular weight is 377 g/mol. The Kier molecular flexibility index (Phi) is 8.01. The van der Waals surface area contributed by atoms with E-state index in [9.17, 15) is 9.59 Å². The van der Waals surface area contributed by atoms with Crippen molar-refractivity contribution in [1.29, 1.82) is 0 Å². The molecule has 0 bridgehead atoms. The van der Waals surface area contributed by atoms with Crippen LogP contribution in [0.25, 0.3) is 0 Å². The Morgan fingerprint density at radius 2 is 1.77 bits per heavy atom. The molecule has 0 aliphatic heterocycles. The van der Waals surface area contributed by atoms with Crippen LogP contribution in [0.5, 0.6) is 0 Å². The fourth-order valence-electron chi connectivity index (χ4n) is 3.36. The number of rotatable bonds is 8. The van der Waals surface area contributed by atoms with E-state index in [1.807, 2.05) is 24.3 Å². The van der Waals surface area contributed by atoms with Crippen LogP contribution in [0, 0.1) is 0 Å². The van der Waals surface area contributed by atoms with Crippen molar-refractivity contribution in [3.05, 3.63) is 29.8 Å². The van der Waals surface area contributed by atoms with Crippen LogP contribution in [0.3, 0.4) is 0 Å². The largest absolute Gasteiger partial charge is 0.354 e. The second-order valence-corrected chi connectivity index (χ2v) is 9.05. The van der Waals surface area contributed by atoms with Crippen LogP contribution in [0.4, 0.5) is 0 Å². The molecule has 144 valence electrons. The Morgan fingerprint density at radius 3 is 2.35 bits per heavy atom. The van der Waals surface area contributed by atoms with Crippen molar-refractivity contribution in [1.82, 2.24) is 10.6 Å². The van der Waals surface area contributed by atoms with Crippen molar-refractivity contribution in [3.8, 4) is 0 Å². The molecule has 0 atom stereocenters. The van der Waals surface area contributed by atoms with E-state index >= 15 is 0 Å². The fraction of sp³-hybridized carbons (Fsp3) is 0.619. The lowest BCUT2D eigenvalue weighted by molar-refractivity contribution is -0.128. The zero-order chi connectivity index (χ0) is 19.0. The molecule has 0 saturated heterocycles. The summed E-state index contributed by atoms with van der Waals surface area (Å²) < 4.78 is 0. The Balaban J connectivity index is 2.07. The molecular formula is C21H32N2O2S. The highest BCUT2D eigenvalue weighted by atomic mass is 32.2. The van der Waals surface area contributed by atoms with Crippen molar-refractivity contribution in [2.75, 3.05) is 6.54 Å². The molecule has 0 heterocycles. The van der Waals surface area contributed by atoms with Gasteiger partial charge < -0.3 is 10.6 Å². The number of carbonyl (C=O) groups excluding carboxylic acids is 2. The van der Waals surface area contributed by atoms with Gasteiger partial charge >= 0.3 is 0 Å². The number of thioether (sulfide) groups is 1. The average Bonchev–Trinajstić information content (AvgIpc) is 2.62. The maximum absolute atomic E-state index is 12.8. The lowest BCUT2D eigenvalue weighted by Gasteiger charge is -2.36. The highest BCUT2D eigenvalue weighted by molar-refractivity contribution is 7.99. The molecule has 0 radical (unpaired) electrons. The summed E-state index contributed by atoms with van der Waals surface area (Å²) in [6.45, 7) is 7.07. The number of nitrogens with one attached hydrogen (secondary N) is 2. The van der Waals surface area contributed by atoms with Gasteiger partial charge in [-0.05, 0) is 43.5 Å². The van der Waals surface area contributed by atoms with E-state index < -0.39 is 5.54 Å². The molecule has 0 aromatic heterocycles.